The van der Waals surface area contributed by atoms with Crippen molar-refractivity contribution >= 4 is 22.5 Å². The third-order valence-electron chi connectivity index (χ3n) is 2.41. The zero-order valence-electron chi connectivity index (χ0n) is 8.97. The lowest BCUT2D eigenvalue weighted by Gasteiger charge is -2.19. The normalized spacial score (nSPS) is 12.3. The van der Waals surface area contributed by atoms with E-state index in [1.165, 1.54) is 10.9 Å². The largest absolute Gasteiger partial charge is 0.360 e. The van der Waals surface area contributed by atoms with Gasteiger partial charge in [-0.05, 0) is 38.0 Å². The molecule has 0 unspecified atom stereocenters. The molecule has 0 aliphatic heterocycles. The number of nitrogens with one attached hydrogen (secondary N) is 1. The lowest BCUT2D eigenvalue weighted by atomic mass is 9.94. The van der Waals surface area contributed by atoms with E-state index in [9.17, 15) is 0 Å². The van der Waals surface area contributed by atoms with Crippen molar-refractivity contribution in [3.05, 3.63) is 35.0 Å². The Kier molecular flexibility index (Phi) is 2.49. The summed E-state index contributed by atoms with van der Waals surface area (Å²) >= 11 is 6.08. The maximum atomic E-state index is 6.08. The summed E-state index contributed by atoms with van der Waals surface area (Å²) in [6.07, 6.45) is 2.75. The summed E-state index contributed by atoms with van der Waals surface area (Å²) in [5.74, 6) is 0. The first-order valence-electron chi connectivity index (χ1n) is 5.01. The summed E-state index contributed by atoms with van der Waals surface area (Å²) in [6.45, 7) is 4.06. The van der Waals surface area contributed by atoms with Crippen molar-refractivity contribution in [2.24, 2.45) is 5.73 Å². The topological polar surface area (TPSA) is 41.8 Å². The van der Waals surface area contributed by atoms with Crippen LogP contribution in [0.4, 0.5) is 0 Å². The number of aromatic nitrogens is 1. The smallest absolute Gasteiger partial charge is 0.0647 e. The molecule has 0 aliphatic carbocycles. The van der Waals surface area contributed by atoms with E-state index in [0.717, 1.165) is 17.0 Å². The molecule has 0 amide bonds. The molecule has 0 saturated heterocycles. The van der Waals surface area contributed by atoms with Gasteiger partial charge in [-0.1, -0.05) is 17.7 Å². The highest BCUT2D eigenvalue weighted by Crippen LogP contribution is 2.27. The second-order valence-corrected chi connectivity index (χ2v) is 5.05. The Morgan fingerprint density at radius 2 is 2.07 bits per heavy atom. The fourth-order valence-corrected chi connectivity index (χ4v) is 2.05. The van der Waals surface area contributed by atoms with E-state index in [4.69, 9.17) is 17.3 Å². The monoisotopic (exact) mass is 222 g/mol. The lowest BCUT2D eigenvalue weighted by Crippen LogP contribution is -2.34. The zero-order chi connectivity index (χ0) is 11.1. The molecule has 0 saturated carbocycles. The van der Waals surface area contributed by atoms with Crippen LogP contribution in [0.3, 0.4) is 0 Å². The van der Waals surface area contributed by atoms with Crippen LogP contribution in [-0.2, 0) is 6.42 Å². The minimum absolute atomic E-state index is 0.196. The Hall–Kier alpha value is -0.990. The van der Waals surface area contributed by atoms with Crippen LogP contribution in [0.1, 0.15) is 19.4 Å². The summed E-state index contributed by atoms with van der Waals surface area (Å²) in [7, 11) is 0. The van der Waals surface area contributed by atoms with E-state index < -0.39 is 0 Å². The molecule has 3 N–H and O–H groups in total. The highest BCUT2D eigenvalue weighted by atomic mass is 35.5. The molecule has 0 radical (unpaired) electrons. The van der Waals surface area contributed by atoms with Gasteiger partial charge in [0.05, 0.1) is 10.5 Å². The number of hydrogen-bond donors (Lipinski definition) is 2. The van der Waals surface area contributed by atoms with E-state index >= 15 is 0 Å². The standard InChI is InChI=1S/C12H15ClN2/c1-12(2,14)7-8-3-4-10(13)11-9(8)5-6-15-11/h3-6,15H,7,14H2,1-2H3. The minimum Gasteiger partial charge on any atom is -0.360 e. The SMILES string of the molecule is CC(C)(N)Cc1ccc(Cl)c2[nH]ccc12. The van der Waals surface area contributed by atoms with Gasteiger partial charge in [-0.3, -0.25) is 0 Å². The number of H-pyrrole nitrogens is 1. The fraction of sp³-hybridized carbons (Fsp3) is 0.333. The van der Waals surface area contributed by atoms with Gasteiger partial charge in [0.15, 0.2) is 0 Å². The molecule has 2 rings (SSSR count). The summed E-state index contributed by atoms with van der Waals surface area (Å²) < 4.78 is 0. The van der Waals surface area contributed by atoms with E-state index in [1.807, 2.05) is 38.2 Å². The molecular weight excluding hydrogens is 208 g/mol. The van der Waals surface area contributed by atoms with Gasteiger partial charge in [0.1, 0.15) is 0 Å². The number of hydrogen-bond acceptors (Lipinski definition) is 1. The summed E-state index contributed by atoms with van der Waals surface area (Å²) in [5.41, 5.74) is 8.06. The van der Waals surface area contributed by atoms with Crippen molar-refractivity contribution < 1.29 is 0 Å². The Morgan fingerprint density at radius 1 is 1.33 bits per heavy atom. The van der Waals surface area contributed by atoms with Crippen LogP contribution in [0.15, 0.2) is 24.4 Å². The molecule has 15 heavy (non-hydrogen) atoms. The van der Waals surface area contributed by atoms with Crippen molar-refractivity contribution in [3.63, 3.8) is 0 Å². The average Bonchev–Trinajstić information content (AvgIpc) is 2.57. The Bertz CT molecular complexity index is 480. The van der Waals surface area contributed by atoms with Crippen molar-refractivity contribution in [2.45, 2.75) is 25.8 Å². The van der Waals surface area contributed by atoms with E-state index in [1.54, 1.807) is 0 Å². The maximum absolute atomic E-state index is 6.08. The quantitative estimate of drug-likeness (QED) is 0.806. The van der Waals surface area contributed by atoms with Gasteiger partial charge < -0.3 is 10.7 Å². The molecule has 0 atom stereocenters. The van der Waals surface area contributed by atoms with Crippen LogP contribution in [0.2, 0.25) is 5.02 Å². The number of rotatable bonds is 2. The number of benzene rings is 1. The summed E-state index contributed by atoms with van der Waals surface area (Å²) in [6, 6.07) is 6.01. The van der Waals surface area contributed by atoms with Crippen LogP contribution in [0.25, 0.3) is 10.9 Å². The van der Waals surface area contributed by atoms with Crippen molar-refractivity contribution in [2.75, 3.05) is 0 Å². The molecule has 1 heterocycles. The van der Waals surface area contributed by atoms with Crippen molar-refractivity contribution in [3.8, 4) is 0 Å². The Labute approximate surface area is 94.4 Å². The molecule has 0 spiro atoms. The van der Waals surface area contributed by atoms with Crippen LogP contribution in [-0.4, -0.2) is 10.5 Å². The Balaban J connectivity index is 2.53. The van der Waals surface area contributed by atoms with Crippen molar-refractivity contribution in [1.29, 1.82) is 0 Å². The number of fused-ring (bicyclic) bond motifs is 1. The molecular formula is C12H15ClN2. The molecule has 0 aliphatic rings. The summed E-state index contributed by atoms with van der Waals surface area (Å²) in [4.78, 5) is 3.14. The highest BCUT2D eigenvalue weighted by molar-refractivity contribution is 6.35. The minimum atomic E-state index is -0.196. The van der Waals surface area contributed by atoms with E-state index in [0.29, 0.717) is 0 Å². The summed E-state index contributed by atoms with van der Waals surface area (Å²) in [5, 5.41) is 1.93. The van der Waals surface area contributed by atoms with Gasteiger partial charge in [0.2, 0.25) is 0 Å². The van der Waals surface area contributed by atoms with Gasteiger partial charge >= 0.3 is 0 Å². The van der Waals surface area contributed by atoms with Crippen LogP contribution >= 0.6 is 11.6 Å². The molecule has 0 fully saturated rings. The molecule has 2 aromatic rings. The molecule has 80 valence electrons. The second kappa shape index (κ2) is 3.54. The molecule has 0 bridgehead atoms. The number of nitrogens with two attached hydrogens (primary N) is 1. The third kappa shape index (κ3) is 2.16. The number of aromatic amines is 1. The molecule has 3 heteroatoms. The van der Waals surface area contributed by atoms with Crippen LogP contribution in [0.5, 0.6) is 0 Å². The predicted molar refractivity (Wildman–Crippen MR) is 65.3 cm³/mol. The first-order valence-corrected chi connectivity index (χ1v) is 5.38. The molecule has 1 aromatic heterocycles. The van der Waals surface area contributed by atoms with Gasteiger partial charge in [-0.2, -0.15) is 0 Å². The second-order valence-electron chi connectivity index (χ2n) is 4.64. The lowest BCUT2D eigenvalue weighted by molar-refractivity contribution is 0.518. The van der Waals surface area contributed by atoms with Gasteiger partial charge in [-0.15, -0.1) is 0 Å². The average molecular weight is 223 g/mol. The molecule has 1 aromatic carbocycles. The maximum Gasteiger partial charge on any atom is 0.0647 e. The van der Waals surface area contributed by atoms with Gasteiger partial charge in [-0.25, -0.2) is 0 Å². The molecule has 2 nitrogen and oxygen atoms in total. The first-order chi connectivity index (χ1) is 6.97. The highest BCUT2D eigenvalue weighted by Gasteiger charge is 2.14. The van der Waals surface area contributed by atoms with E-state index in [-0.39, 0.29) is 5.54 Å². The van der Waals surface area contributed by atoms with Crippen molar-refractivity contribution in [1.82, 2.24) is 4.98 Å². The fourth-order valence-electron chi connectivity index (χ4n) is 1.83. The van der Waals surface area contributed by atoms with E-state index in [2.05, 4.69) is 4.98 Å². The Morgan fingerprint density at radius 3 is 2.73 bits per heavy atom. The van der Waals surface area contributed by atoms with Crippen LogP contribution in [0, 0.1) is 0 Å². The third-order valence-corrected chi connectivity index (χ3v) is 2.72. The predicted octanol–water partition coefficient (Wildman–Crippen LogP) is 3.10. The van der Waals surface area contributed by atoms with Gasteiger partial charge in [0, 0.05) is 17.1 Å². The zero-order valence-corrected chi connectivity index (χ0v) is 9.73. The number of halogens is 1. The van der Waals surface area contributed by atoms with Gasteiger partial charge in [0.25, 0.3) is 0 Å². The first kappa shape index (κ1) is 10.5. The van der Waals surface area contributed by atoms with Crippen LogP contribution < -0.4 is 5.73 Å².